The van der Waals surface area contributed by atoms with Gasteiger partial charge in [0, 0.05) is 24.4 Å². The van der Waals surface area contributed by atoms with Gasteiger partial charge in [0.1, 0.15) is 0 Å². The molecule has 2 atom stereocenters. The van der Waals surface area contributed by atoms with Crippen molar-refractivity contribution in [2.24, 2.45) is 11.8 Å². The van der Waals surface area contributed by atoms with E-state index >= 15 is 0 Å². The van der Waals surface area contributed by atoms with Crippen LogP contribution in [0.1, 0.15) is 40.0 Å². The minimum atomic E-state index is 0.212. The van der Waals surface area contributed by atoms with Crippen LogP contribution in [0.3, 0.4) is 0 Å². The molecule has 88 valence electrons. The van der Waals surface area contributed by atoms with Crippen molar-refractivity contribution >= 4 is 17.5 Å². The number of alkyl halides is 1. The molecule has 2 unspecified atom stereocenters. The average Bonchev–Trinajstić information content (AvgIpc) is 2.23. The quantitative estimate of drug-likeness (QED) is 0.684. The lowest BCUT2D eigenvalue weighted by Crippen LogP contribution is -2.45. The molecule has 1 saturated heterocycles. The van der Waals surface area contributed by atoms with E-state index in [1.54, 1.807) is 0 Å². The molecule has 1 aliphatic rings. The Hall–Kier alpha value is -0.240. The number of piperidine rings is 1. The lowest BCUT2D eigenvalue weighted by Gasteiger charge is -2.35. The van der Waals surface area contributed by atoms with Crippen molar-refractivity contribution in [2.75, 3.05) is 13.1 Å². The summed E-state index contributed by atoms with van der Waals surface area (Å²) in [6.07, 6.45) is 2.84. The number of rotatable bonds is 3. The van der Waals surface area contributed by atoms with Gasteiger partial charge in [-0.3, -0.25) is 4.79 Å². The average molecular weight is 232 g/mol. The molecule has 0 N–H and O–H groups in total. The molecule has 15 heavy (non-hydrogen) atoms. The summed E-state index contributed by atoms with van der Waals surface area (Å²) >= 11 is 6.15. The molecule has 1 rings (SSSR count). The zero-order valence-electron chi connectivity index (χ0n) is 10.0. The van der Waals surface area contributed by atoms with Gasteiger partial charge in [0.05, 0.1) is 0 Å². The summed E-state index contributed by atoms with van der Waals surface area (Å²) < 4.78 is 0. The molecule has 1 aliphatic heterocycles. The van der Waals surface area contributed by atoms with Crippen LogP contribution in [-0.4, -0.2) is 29.3 Å². The summed E-state index contributed by atoms with van der Waals surface area (Å²) in [6, 6.07) is 0. The van der Waals surface area contributed by atoms with Gasteiger partial charge in [0.2, 0.25) is 5.91 Å². The molecular weight excluding hydrogens is 210 g/mol. The maximum Gasteiger partial charge on any atom is 0.225 e. The Morgan fingerprint density at radius 1 is 1.47 bits per heavy atom. The highest BCUT2D eigenvalue weighted by atomic mass is 35.5. The summed E-state index contributed by atoms with van der Waals surface area (Å²) in [5.74, 6) is 0.971. The Labute approximate surface area is 98.0 Å². The molecule has 3 heteroatoms. The molecule has 1 heterocycles. The van der Waals surface area contributed by atoms with Crippen molar-refractivity contribution in [3.8, 4) is 0 Å². The number of nitrogens with zero attached hydrogens (tertiary/aromatic N) is 1. The third kappa shape index (κ3) is 3.10. The minimum Gasteiger partial charge on any atom is -0.342 e. The topological polar surface area (TPSA) is 20.3 Å². The smallest absolute Gasteiger partial charge is 0.225 e. The fraction of sp³-hybridized carbons (Fsp3) is 0.917. The largest absolute Gasteiger partial charge is 0.342 e. The van der Waals surface area contributed by atoms with Gasteiger partial charge in [-0.05, 0) is 25.2 Å². The summed E-state index contributed by atoms with van der Waals surface area (Å²) in [6.45, 7) is 7.98. The standard InChI is InChI=1S/C12H22ClNO/c1-4-10(5-2)12(15)14-7-6-11(13)9(3)8-14/h9-11H,4-8H2,1-3H3. The molecule has 2 nitrogen and oxygen atoms in total. The first-order valence-corrected chi connectivity index (χ1v) is 6.46. The van der Waals surface area contributed by atoms with Crippen LogP contribution in [0.25, 0.3) is 0 Å². The monoisotopic (exact) mass is 231 g/mol. The van der Waals surface area contributed by atoms with Crippen molar-refractivity contribution in [1.82, 2.24) is 4.90 Å². The predicted octanol–water partition coefficient (Wildman–Crippen LogP) is 2.90. The highest BCUT2D eigenvalue weighted by molar-refractivity contribution is 6.20. The first-order chi connectivity index (χ1) is 7.10. The van der Waals surface area contributed by atoms with Crippen LogP contribution in [0.2, 0.25) is 0 Å². The van der Waals surface area contributed by atoms with E-state index in [1.165, 1.54) is 0 Å². The SMILES string of the molecule is CCC(CC)C(=O)N1CCC(Cl)C(C)C1. The highest BCUT2D eigenvalue weighted by Crippen LogP contribution is 2.24. The molecule has 0 aromatic rings. The highest BCUT2D eigenvalue weighted by Gasteiger charge is 2.29. The van der Waals surface area contributed by atoms with E-state index in [4.69, 9.17) is 11.6 Å². The first kappa shape index (κ1) is 12.8. The molecule has 0 radical (unpaired) electrons. The number of likely N-dealkylation sites (tertiary alicyclic amines) is 1. The number of hydrogen-bond acceptors (Lipinski definition) is 1. The molecular formula is C12H22ClNO. The van der Waals surface area contributed by atoms with Crippen LogP contribution in [0.15, 0.2) is 0 Å². The van der Waals surface area contributed by atoms with E-state index < -0.39 is 0 Å². The van der Waals surface area contributed by atoms with Gasteiger partial charge in [-0.1, -0.05) is 20.8 Å². The normalized spacial score (nSPS) is 27.1. The van der Waals surface area contributed by atoms with Gasteiger partial charge < -0.3 is 4.90 Å². The van der Waals surface area contributed by atoms with Crippen LogP contribution in [0.5, 0.6) is 0 Å². The minimum absolute atomic E-state index is 0.212. The third-order valence-electron chi connectivity index (χ3n) is 3.45. The van der Waals surface area contributed by atoms with Gasteiger partial charge in [0.15, 0.2) is 0 Å². The number of amides is 1. The Kier molecular flexibility index (Phi) is 4.91. The van der Waals surface area contributed by atoms with Gasteiger partial charge in [-0.25, -0.2) is 0 Å². The fourth-order valence-corrected chi connectivity index (χ4v) is 2.39. The van der Waals surface area contributed by atoms with Crippen LogP contribution in [0, 0.1) is 11.8 Å². The zero-order valence-corrected chi connectivity index (χ0v) is 10.8. The van der Waals surface area contributed by atoms with Crippen molar-refractivity contribution in [3.05, 3.63) is 0 Å². The van der Waals surface area contributed by atoms with Gasteiger partial charge in [0.25, 0.3) is 0 Å². The van der Waals surface area contributed by atoms with E-state index in [-0.39, 0.29) is 11.3 Å². The van der Waals surface area contributed by atoms with Crippen molar-refractivity contribution in [3.63, 3.8) is 0 Å². The lowest BCUT2D eigenvalue weighted by atomic mass is 9.96. The number of halogens is 1. The number of carbonyl (C=O) groups excluding carboxylic acids is 1. The van der Waals surface area contributed by atoms with E-state index in [2.05, 4.69) is 20.8 Å². The number of hydrogen-bond donors (Lipinski definition) is 0. The van der Waals surface area contributed by atoms with E-state index in [0.29, 0.717) is 11.8 Å². The van der Waals surface area contributed by atoms with Crippen LogP contribution in [0.4, 0.5) is 0 Å². The molecule has 0 aromatic heterocycles. The molecule has 0 aliphatic carbocycles. The Morgan fingerprint density at radius 2 is 2.07 bits per heavy atom. The Bertz CT molecular complexity index is 216. The van der Waals surface area contributed by atoms with Gasteiger partial charge in [-0.2, -0.15) is 0 Å². The van der Waals surface area contributed by atoms with Gasteiger partial charge >= 0.3 is 0 Å². The maximum atomic E-state index is 12.1. The Morgan fingerprint density at radius 3 is 2.53 bits per heavy atom. The number of carbonyl (C=O) groups is 1. The Balaban J connectivity index is 2.53. The van der Waals surface area contributed by atoms with Crippen molar-refractivity contribution in [2.45, 2.75) is 45.4 Å². The summed E-state index contributed by atoms with van der Waals surface area (Å²) in [5.41, 5.74) is 0. The zero-order chi connectivity index (χ0) is 11.4. The summed E-state index contributed by atoms with van der Waals surface area (Å²) in [5, 5.41) is 0.246. The first-order valence-electron chi connectivity index (χ1n) is 6.02. The van der Waals surface area contributed by atoms with E-state index in [1.807, 2.05) is 4.90 Å². The fourth-order valence-electron chi connectivity index (χ4n) is 2.21. The van der Waals surface area contributed by atoms with Crippen molar-refractivity contribution in [1.29, 1.82) is 0 Å². The third-order valence-corrected chi connectivity index (χ3v) is 4.10. The molecule has 0 saturated carbocycles. The van der Waals surface area contributed by atoms with E-state index in [9.17, 15) is 4.79 Å². The summed E-state index contributed by atoms with van der Waals surface area (Å²) in [7, 11) is 0. The summed E-state index contributed by atoms with van der Waals surface area (Å²) in [4.78, 5) is 14.1. The molecule has 1 fully saturated rings. The lowest BCUT2D eigenvalue weighted by molar-refractivity contribution is -0.137. The predicted molar refractivity (Wildman–Crippen MR) is 64.1 cm³/mol. The second kappa shape index (κ2) is 5.74. The molecule has 1 amide bonds. The van der Waals surface area contributed by atoms with Crippen LogP contribution < -0.4 is 0 Å². The van der Waals surface area contributed by atoms with Crippen LogP contribution >= 0.6 is 11.6 Å². The van der Waals surface area contributed by atoms with E-state index in [0.717, 1.165) is 32.4 Å². The molecule has 0 aromatic carbocycles. The van der Waals surface area contributed by atoms with Crippen molar-refractivity contribution < 1.29 is 4.79 Å². The second-order valence-corrected chi connectivity index (χ2v) is 5.14. The molecule has 0 spiro atoms. The second-order valence-electron chi connectivity index (χ2n) is 4.58. The van der Waals surface area contributed by atoms with Gasteiger partial charge in [-0.15, -0.1) is 11.6 Å². The van der Waals surface area contributed by atoms with Crippen LogP contribution in [-0.2, 0) is 4.79 Å². The maximum absolute atomic E-state index is 12.1. The molecule has 0 bridgehead atoms.